The molecule has 4 aliphatic rings. The van der Waals surface area contributed by atoms with E-state index in [1.165, 1.54) is 72.4 Å². The molecule has 7 atom stereocenters. The van der Waals surface area contributed by atoms with Gasteiger partial charge in [-0.1, -0.05) is 24.3 Å². The van der Waals surface area contributed by atoms with Gasteiger partial charge in [0.15, 0.2) is 6.04 Å². The molecule has 94 heavy (non-hydrogen) atoms. The highest BCUT2D eigenvalue weighted by Crippen LogP contribution is 2.35. The Labute approximate surface area is 548 Å². The molecule has 11 N–H and O–H groups in total. The number of primary amides is 1. The average Bonchev–Trinajstić information content (AvgIpc) is 1.67. The molecule has 7 unspecified atom stereocenters. The molecule has 4 saturated heterocycles. The van der Waals surface area contributed by atoms with Gasteiger partial charge in [-0.3, -0.25) is 62.8 Å². The number of carbonyl (C=O) groups excluding carboxylic acids is 12. The molecular formula is C63H75N5O24S2. The molecular weight excluding hydrogens is 1270 g/mol. The highest BCUT2D eigenvalue weighted by Gasteiger charge is 2.48. The van der Waals surface area contributed by atoms with Gasteiger partial charge in [-0.2, -0.15) is 24.4 Å². The summed E-state index contributed by atoms with van der Waals surface area (Å²) in [6.07, 6.45) is 2.53. The molecule has 0 bridgehead atoms. The number of aliphatic hydroxyl groups excluding tert-OH is 1. The van der Waals surface area contributed by atoms with E-state index in [4.69, 9.17) is 19.9 Å². The summed E-state index contributed by atoms with van der Waals surface area (Å²) in [5.74, 6) is -9.79. The van der Waals surface area contributed by atoms with Crippen LogP contribution < -0.4 is 5.73 Å². The summed E-state index contributed by atoms with van der Waals surface area (Å²) < 4.78 is 14.7. The van der Waals surface area contributed by atoms with E-state index in [0.29, 0.717) is 34.4 Å². The third-order valence-corrected chi connectivity index (χ3v) is 16.2. The van der Waals surface area contributed by atoms with Crippen LogP contribution in [0.4, 0.5) is 0 Å². The summed E-state index contributed by atoms with van der Waals surface area (Å²) in [5.41, 5.74) is 6.75. The van der Waals surface area contributed by atoms with Crippen molar-refractivity contribution in [3.63, 3.8) is 0 Å². The Balaban J connectivity index is 0.000000228. The van der Waals surface area contributed by atoms with Gasteiger partial charge < -0.3 is 65.9 Å². The molecule has 4 heterocycles. The van der Waals surface area contributed by atoms with E-state index in [9.17, 15) is 103 Å². The van der Waals surface area contributed by atoms with Gasteiger partial charge in [0, 0.05) is 55.7 Å². The van der Waals surface area contributed by atoms with Crippen molar-refractivity contribution in [1.29, 1.82) is 0 Å². The van der Waals surface area contributed by atoms with Crippen LogP contribution in [-0.4, -0.2) is 205 Å². The second-order valence-corrected chi connectivity index (χ2v) is 23.1. The van der Waals surface area contributed by atoms with Crippen molar-refractivity contribution in [2.24, 2.45) is 29.4 Å². The number of rotatable bonds is 24. The fraction of sp³-hybridized carbons (Fsp3) is 0.429. The number of phenols is 8. The van der Waals surface area contributed by atoms with E-state index >= 15 is 0 Å². The minimum Gasteiger partial charge on any atom is -0.508 e. The van der Waals surface area contributed by atoms with Crippen LogP contribution in [0.5, 0.6) is 46.0 Å². The zero-order valence-electron chi connectivity index (χ0n) is 51.7. The Kier molecular flexibility index (Phi) is 27.9. The molecule has 31 heteroatoms. The number of hydrogen-bond acceptors (Lipinski definition) is 26. The summed E-state index contributed by atoms with van der Waals surface area (Å²) in [5, 5.41) is 85.7. The number of hydrogen-bond donors (Lipinski definition) is 11. The minimum absolute atomic E-state index is 0.0195. The Hall–Kier alpha value is -9.62. The molecule has 29 nitrogen and oxygen atoms in total. The van der Waals surface area contributed by atoms with Crippen molar-refractivity contribution in [3.8, 4) is 46.0 Å². The van der Waals surface area contributed by atoms with Gasteiger partial charge in [0.1, 0.15) is 64.6 Å². The maximum absolute atomic E-state index is 12.8. The number of imide groups is 4. The van der Waals surface area contributed by atoms with Crippen LogP contribution in [0.1, 0.15) is 75.1 Å². The lowest BCUT2D eigenvalue weighted by Crippen LogP contribution is -2.48. The number of aromatic hydroxyl groups is 8. The summed E-state index contributed by atoms with van der Waals surface area (Å²) >= 11 is 5.57. The monoisotopic (exact) mass is 1350 g/mol. The number of thiol groups is 1. The molecule has 4 aromatic carbocycles. The van der Waals surface area contributed by atoms with Gasteiger partial charge in [0.2, 0.25) is 53.2 Å². The van der Waals surface area contributed by atoms with E-state index in [-0.39, 0.29) is 123 Å². The summed E-state index contributed by atoms with van der Waals surface area (Å²) in [6, 6.07) is 12.8. The lowest BCUT2D eigenvalue weighted by atomic mass is 9.97. The highest BCUT2D eigenvalue weighted by atomic mass is 32.2. The lowest BCUT2D eigenvalue weighted by molar-refractivity contribution is -0.160. The van der Waals surface area contributed by atoms with E-state index < -0.39 is 126 Å². The molecule has 0 radical (unpaired) electrons. The molecule has 9 amide bonds. The number of nitrogens with two attached hydrogens (primary N) is 1. The number of benzene rings is 4. The van der Waals surface area contributed by atoms with Crippen molar-refractivity contribution in [1.82, 2.24) is 19.6 Å². The van der Waals surface area contributed by atoms with Crippen LogP contribution in [0.25, 0.3) is 0 Å². The second kappa shape index (κ2) is 34.9. The van der Waals surface area contributed by atoms with Gasteiger partial charge in [0.25, 0.3) is 0 Å². The van der Waals surface area contributed by atoms with E-state index in [1.54, 1.807) is 20.8 Å². The molecule has 4 aromatic rings. The van der Waals surface area contributed by atoms with Crippen molar-refractivity contribution in [2.45, 2.75) is 96.7 Å². The quantitative estimate of drug-likeness (QED) is 0.0207. The number of ether oxygens (including phenoxy) is 3. The number of phenolic OH excluding ortho intramolecular Hbond substituents is 8. The first-order valence-corrected chi connectivity index (χ1v) is 31.5. The zero-order valence-corrected chi connectivity index (χ0v) is 53.4. The maximum Gasteiger partial charge on any atom is 0.331 e. The Bertz CT molecular complexity index is 3380. The number of aliphatic hydroxyl groups is 1. The van der Waals surface area contributed by atoms with Gasteiger partial charge in [-0.05, 0) is 111 Å². The van der Waals surface area contributed by atoms with E-state index in [0.717, 1.165) is 31.7 Å². The lowest BCUT2D eigenvalue weighted by Gasteiger charge is -2.24. The third kappa shape index (κ3) is 19.5. The Morgan fingerprint density at radius 2 is 0.787 bits per heavy atom. The first-order chi connectivity index (χ1) is 44.5. The topological polar surface area (TPSA) is 454 Å². The molecule has 508 valence electrons. The minimum atomic E-state index is -1.36. The van der Waals surface area contributed by atoms with Gasteiger partial charge in [0.05, 0.1) is 50.1 Å². The molecule has 0 spiro atoms. The number of thioether (sulfide) groups is 1. The van der Waals surface area contributed by atoms with Crippen LogP contribution in [-0.2, 0) is 97.4 Å². The zero-order chi connectivity index (χ0) is 69.8. The largest absolute Gasteiger partial charge is 0.508 e. The van der Waals surface area contributed by atoms with Crippen molar-refractivity contribution >= 4 is 95.5 Å². The summed E-state index contributed by atoms with van der Waals surface area (Å²) in [4.78, 5) is 148. The number of carbonyl (C=O) groups is 12. The molecule has 0 saturated carbocycles. The Morgan fingerprint density at radius 1 is 0.489 bits per heavy atom. The number of likely N-dealkylation sites (tertiary alicyclic amines) is 4. The SMILES string of the molecule is CCOC(=O)C(CCSC)N1C(=O)CC(Cc2ccc(O)cc2O)C1=O.CCOC(=O)C(CO)N1C(=O)CC(Cc2ccc(O)cc2O)C1=O.CCOC(=O)C(CS)N1C(=O)CC(Cc2ccc(O)cc2O)C1=O.NC(=O)CN1C(=O)CC(Cc2ccc(O)cc2O)C1=O. The van der Waals surface area contributed by atoms with Gasteiger partial charge in [-0.25, -0.2) is 14.4 Å². The fourth-order valence-corrected chi connectivity index (χ4v) is 11.4. The first kappa shape index (κ1) is 75.1. The van der Waals surface area contributed by atoms with Crippen LogP contribution in [0, 0.1) is 23.7 Å². The molecule has 8 rings (SSSR count). The van der Waals surface area contributed by atoms with Crippen LogP contribution in [0.15, 0.2) is 72.8 Å². The van der Waals surface area contributed by atoms with Crippen LogP contribution >= 0.6 is 24.4 Å². The predicted octanol–water partition coefficient (Wildman–Crippen LogP) is 2.02. The van der Waals surface area contributed by atoms with Crippen molar-refractivity contribution < 1.29 is 118 Å². The molecule has 0 aromatic heterocycles. The second-order valence-electron chi connectivity index (χ2n) is 21.7. The smallest absolute Gasteiger partial charge is 0.331 e. The van der Waals surface area contributed by atoms with Crippen LogP contribution in [0.2, 0.25) is 0 Å². The van der Waals surface area contributed by atoms with Gasteiger partial charge in [-0.15, -0.1) is 0 Å². The van der Waals surface area contributed by atoms with Crippen LogP contribution in [0.3, 0.4) is 0 Å². The average molecular weight is 1350 g/mol. The number of nitrogens with zero attached hydrogens (tertiary/aromatic N) is 4. The number of amides is 9. The standard InChI is InChI=1S/C18H23NO6S.C16H19NO7.C16H19NO6S.C13H14N2O5/c1-3-25-18(24)14(6-7-26-2)19-16(22)9-12(17(19)23)8-11-4-5-13(20)10-15(11)21;1-2-24-16(23)12(8-18)17-14(21)6-10(15(17)22)5-9-3-4-11(19)7-13(9)20;1-2-23-16(22)12(8-24)17-14(20)6-10(15(17)21)5-9-3-4-11(18)7-13(9)19;14-11(18)6-15-12(19)4-8(13(15)20)3-7-1-2-9(16)5-10(7)17/h4-5,10,12,14,20-21H,3,6-9H2,1-2H3;3-4,7,10,12,18-20H,2,5-6,8H2,1H3;3-4,7,10,12,18-19,24H,2,5-6,8H2,1H3;1-2,5,8,16-17H,3-4,6H2,(H2,14,18). The fourth-order valence-electron chi connectivity index (χ4n) is 10.6. The van der Waals surface area contributed by atoms with Crippen molar-refractivity contribution in [2.75, 3.05) is 50.7 Å². The first-order valence-electron chi connectivity index (χ1n) is 29.5. The highest BCUT2D eigenvalue weighted by molar-refractivity contribution is 7.98. The predicted molar refractivity (Wildman–Crippen MR) is 333 cm³/mol. The molecule has 0 aliphatic carbocycles. The maximum atomic E-state index is 12.8. The van der Waals surface area contributed by atoms with E-state index in [1.807, 2.05) is 6.26 Å². The summed E-state index contributed by atoms with van der Waals surface area (Å²) in [7, 11) is 0. The third-order valence-electron chi connectivity index (χ3n) is 15.2. The summed E-state index contributed by atoms with van der Waals surface area (Å²) in [6.45, 7) is 4.14. The van der Waals surface area contributed by atoms with Gasteiger partial charge >= 0.3 is 17.9 Å². The van der Waals surface area contributed by atoms with E-state index in [2.05, 4.69) is 12.6 Å². The van der Waals surface area contributed by atoms with Crippen molar-refractivity contribution in [3.05, 3.63) is 95.1 Å². The molecule has 4 aliphatic heterocycles. The Morgan fingerprint density at radius 3 is 1.09 bits per heavy atom. The number of esters is 3. The molecule has 4 fully saturated rings. The normalized spacial score (nSPS) is 18.6.